The Kier molecular flexibility index (Phi) is 5.23. The Bertz CT molecular complexity index is 573. The first-order valence-corrected chi connectivity index (χ1v) is 7.94. The van der Waals surface area contributed by atoms with Crippen LogP contribution in [-0.2, 0) is 6.54 Å². The van der Waals surface area contributed by atoms with Gasteiger partial charge in [0.2, 0.25) is 0 Å². The molecule has 0 bridgehead atoms. The van der Waals surface area contributed by atoms with Gasteiger partial charge in [0.25, 0.3) is 0 Å². The molecule has 0 aromatic carbocycles. The molecule has 2 aromatic heterocycles. The highest BCUT2D eigenvalue weighted by Gasteiger charge is 2.18. The molecule has 0 aliphatic carbocycles. The minimum absolute atomic E-state index is 0.485. The average molecular weight is 288 g/mol. The van der Waals surface area contributed by atoms with Gasteiger partial charge in [-0.2, -0.15) is 0 Å². The van der Waals surface area contributed by atoms with Crippen LogP contribution in [0.4, 0.5) is 5.82 Å². The molecule has 2 rings (SSSR count). The lowest BCUT2D eigenvalue weighted by atomic mass is 10.2. The second-order valence-corrected chi connectivity index (χ2v) is 6.20. The van der Waals surface area contributed by atoms with Crippen molar-refractivity contribution in [1.29, 1.82) is 0 Å². The zero-order valence-electron chi connectivity index (χ0n) is 13.9. The molecule has 0 spiro atoms. The smallest absolute Gasteiger partial charge is 0.152 e. The van der Waals surface area contributed by atoms with Gasteiger partial charge in [-0.3, -0.25) is 0 Å². The summed E-state index contributed by atoms with van der Waals surface area (Å²) in [6.45, 7) is 10.8. The highest BCUT2D eigenvalue weighted by molar-refractivity contribution is 5.56. The van der Waals surface area contributed by atoms with Gasteiger partial charge < -0.3 is 14.6 Å². The van der Waals surface area contributed by atoms with Crippen LogP contribution >= 0.6 is 0 Å². The van der Waals surface area contributed by atoms with E-state index in [4.69, 9.17) is 4.98 Å². The molecular weight excluding hydrogens is 260 g/mol. The number of hydrogen-bond acceptors (Lipinski definition) is 3. The summed E-state index contributed by atoms with van der Waals surface area (Å²) in [7, 11) is 2.14. The van der Waals surface area contributed by atoms with Crippen molar-refractivity contribution in [3.63, 3.8) is 0 Å². The second kappa shape index (κ2) is 6.94. The molecule has 0 aliphatic heterocycles. The monoisotopic (exact) mass is 288 g/mol. The fourth-order valence-electron chi connectivity index (χ4n) is 2.44. The third-order valence-electron chi connectivity index (χ3n) is 4.04. The van der Waals surface area contributed by atoms with Crippen LogP contribution in [0.5, 0.6) is 0 Å². The van der Waals surface area contributed by atoms with Gasteiger partial charge in [0.1, 0.15) is 5.65 Å². The van der Waals surface area contributed by atoms with Gasteiger partial charge in [0.15, 0.2) is 5.82 Å². The summed E-state index contributed by atoms with van der Waals surface area (Å²) >= 11 is 0. The number of pyridine rings is 1. The van der Waals surface area contributed by atoms with Gasteiger partial charge in [-0.25, -0.2) is 4.98 Å². The van der Waals surface area contributed by atoms with Crippen LogP contribution in [0.25, 0.3) is 5.65 Å². The molecule has 1 unspecified atom stereocenters. The quantitative estimate of drug-likeness (QED) is 0.848. The maximum atomic E-state index is 4.83. The molecule has 0 fully saturated rings. The molecule has 4 nitrogen and oxygen atoms in total. The summed E-state index contributed by atoms with van der Waals surface area (Å²) in [6.07, 6.45) is 3.21. The molecule has 2 heterocycles. The second-order valence-electron chi connectivity index (χ2n) is 6.20. The van der Waals surface area contributed by atoms with Crippen LogP contribution < -0.4 is 10.2 Å². The molecule has 4 heteroatoms. The van der Waals surface area contributed by atoms with E-state index in [1.54, 1.807) is 0 Å². The minimum Gasteiger partial charge on any atom is -0.355 e. The summed E-state index contributed by atoms with van der Waals surface area (Å²) in [6, 6.07) is 6.66. The van der Waals surface area contributed by atoms with Crippen molar-refractivity contribution in [2.75, 3.05) is 18.5 Å². The molecule has 0 amide bonds. The molecule has 2 aromatic rings. The van der Waals surface area contributed by atoms with E-state index in [1.165, 1.54) is 5.69 Å². The first-order chi connectivity index (χ1) is 10.0. The Labute approximate surface area is 128 Å². The Morgan fingerprint density at radius 1 is 1.29 bits per heavy atom. The maximum Gasteiger partial charge on any atom is 0.152 e. The van der Waals surface area contributed by atoms with Gasteiger partial charge in [0, 0.05) is 25.8 Å². The van der Waals surface area contributed by atoms with Gasteiger partial charge in [-0.05, 0) is 37.9 Å². The van der Waals surface area contributed by atoms with Crippen molar-refractivity contribution in [2.45, 2.75) is 46.7 Å². The molecule has 0 radical (unpaired) electrons. The number of imidazole rings is 1. The predicted molar refractivity (Wildman–Crippen MR) is 89.9 cm³/mol. The van der Waals surface area contributed by atoms with Gasteiger partial charge in [0.05, 0.1) is 5.69 Å². The first kappa shape index (κ1) is 15.8. The lowest BCUT2D eigenvalue weighted by Gasteiger charge is -2.25. The van der Waals surface area contributed by atoms with E-state index in [0.29, 0.717) is 12.0 Å². The van der Waals surface area contributed by atoms with Crippen molar-refractivity contribution >= 4 is 11.5 Å². The normalized spacial score (nSPS) is 13.0. The molecule has 116 valence electrons. The molecule has 1 atom stereocenters. The standard InChI is InChI=1S/C17H28N4/c1-6-14(4)20(5)17-15(12-18-11-13(2)3)21-10-8-7-9-16(21)19-17/h7-10,13-14,18H,6,11-12H2,1-5H3. The van der Waals surface area contributed by atoms with E-state index < -0.39 is 0 Å². The number of aromatic nitrogens is 2. The number of anilines is 1. The zero-order chi connectivity index (χ0) is 15.4. The summed E-state index contributed by atoms with van der Waals surface area (Å²) in [4.78, 5) is 7.12. The summed E-state index contributed by atoms with van der Waals surface area (Å²) in [5, 5.41) is 3.54. The van der Waals surface area contributed by atoms with Crippen molar-refractivity contribution in [2.24, 2.45) is 5.92 Å². The van der Waals surface area contributed by atoms with Crippen LogP contribution in [0, 0.1) is 5.92 Å². The third kappa shape index (κ3) is 3.56. The van der Waals surface area contributed by atoms with Crippen LogP contribution in [0.15, 0.2) is 24.4 Å². The zero-order valence-corrected chi connectivity index (χ0v) is 13.9. The third-order valence-corrected chi connectivity index (χ3v) is 4.04. The number of nitrogens with zero attached hydrogens (tertiary/aromatic N) is 3. The lowest BCUT2D eigenvalue weighted by Crippen LogP contribution is -2.30. The first-order valence-electron chi connectivity index (χ1n) is 7.94. The van der Waals surface area contributed by atoms with Crippen molar-refractivity contribution in [1.82, 2.24) is 14.7 Å². The number of fused-ring (bicyclic) bond motifs is 1. The fraction of sp³-hybridized carbons (Fsp3) is 0.588. The van der Waals surface area contributed by atoms with Gasteiger partial charge >= 0.3 is 0 Å². The molecular formula is C17H28N4. The van der Waals surface area contributed by atoms with Crippen LogP contribution in [0.2, 0.25) is 0 Å². The van der Waals surface area contributed by atoms with Crippen molar-refractivity contribution in [3.8, 4) is 0 Å². The van der Waals surface area contributed by atoms with E-state index in [2.05, 4.69) is 67.7 Å². The Balaban J connectivity index is 2.33. The molecule has 0 saturated carbocycles. The average Bonchev–Trinajstić information content (AvgIpc) is 2.84. The minimum atomic E-state index is 0.485. The highest BCUT2D eigenvalue weighted by atomic mass is 15.2. The fourth-order valence-corrected chi connectivity index (χ4v) is 2.44. The van der Waals surface area contributed by atoms with Crippen LogP contribution in [-0.4, -0.2) is 29.0 Å². The van der Waals surface area contributed by atoms with E-state index in [0.717, 1.165) is 31.0 Å². The maximum absolute atomic E-state index is 4.83. The predicted octanol–water partition coefficient (Wildman–Crippen LogP) is 3.31. The molecule has 0 saturated heterocycles. The SMILES string of the molecule is CCC(C)N(C)c1nc2ccccn2c1CNCC(C)C. The summed E-state index contributed by atoms with van der Waals surface area (Å²) in [5.74, 6) is 1.74. The molecule has 1 N–H and O–H groups in total. The van der Waals surface area contributed by atoms with E-state index in [-0.39, 0.29) is 0 Å². The van der Waals surface area contributed by atoms with Gasteiger partial charge in [-0.15, -0.1) is 0 Å². The number of rotatable bonds is 7. The van der Waals surface area contributed by atoms with Crippen molar-refractivity contribution < 1.29 is 0 Å². The topological polar surface area (TPSA) is 32.6 Å². The summed E-state index contributed by atoms with van der Waals surface area (Å²) in [5.41, 5.74) is 2.26. The Morgan fingerprint density at radius 3 is 2.71 bits per heavy atom. The summed E-state index contributed by atoms with van der Waals surface area (Å²) < 4.78 is 2.20. The molecule has 21 heavy (non-hydrogen) atoms. The van der Waals surface area contributed by atoms with E-state index in [9.17, 15) is 0 Å². The van der Waals surface area contributed by atoms with E-state index >= 15 is 0 Å². The van der Waals surface area contributed by atoms with Crippen molar-refractivity contribution in [3.05, 3.63) is 30.1 Å². The van der Waals surface area contributed by atoms with Gasteiger partial charge in [-0.1, -0.05) is 26.8 Å². The number of nitrogens with one attached hydrogen (secondary N) is 1. The Hall–Kier alpha value is -1.55. The van der Waals surface area contributed by atoms with Crippen LogP contribution in [0.3, 0.4) is 0 Å². The van der Waals surface area contributed by atoms with Crippen LogP contribution in [0.1, 0.15) is 39.8 Å². The lowest BCUT2D eigenvalue weighted by molar-refractivity contribution is 0.545. The molecule has 0 aliphatic rings. The van der Waals surface area contributed by atoms with E-state index in [1.807, 2.05) is 6.07 Å². The Morgan fingerprint density at radius 2 is 2.05 bits per heavy atom. The largest absolute Gasteiger partial charge is 0.355 e. The number of hydrogen-bond donors (Lipinski definition) is 1. The highest BCUT2D eigenvalue weighted by Crippen LogP contribution is 2.23.